The molecule has 10 heteroatoms. The van der Waals surface area contributed by atoms with E-state index >= 15 is 0 Å². The van der Waals surface area contributed by atoms with Crippen LogP contribution in [-0.4, -0.2) is 29.1 Å². The first kappa shape index (κ1) is 27.8. The van der Waals surface area contributed by atoms with Gasteiger partial charge in [-0.1, -0.05) is 49.4 Å². The summed E-state index contributed by atoms with van der Waals surface area (Å²) in [6.07, 6.45) is -3.41. The quantitative estimate of drug-likeness (QED) is 0.186. The number of aliphatic hydroxyl groups excluding tert-OH is 1. The average molecular weight is 577 g/mol. The standard InChI is InChI=1S/C32H31F3N4O3/c1-18-6-5-13-39(17-18)31-38-28(32(33,34)35)27(42-31)30(41)36-23-10-12-25-22(16-23)15-21-14-20(9-11-24(21)25)29(40)37-26-8-4-3-7-19(26)2/h3-4,7-12,14,16,18,29,37,40H,5-6,13,15,17H2,1-2H3,(H,36,41). The number of amides is 1. The Bertz CT molecular complexity index is 1650. The number of aromatic nitrogens is 1. The molecule has 1 aliphatic heterocycles. The van der Waals surface area contributed by atoms with Gasteiger partial charge in [-0.25, -0.2) is 0 Å². The number of piperidine rings is 1. The van der Waals surface area contributed by atoms with E-state index in [1.807, 2.05) is 62.4 Å². The maximum Gasteiger partial charge on any atom is 0.437 e. The van der Waals surface area contributed by atoms with Gasteiger partial charge in [0, 0.05) is 30.0 Å². The van der Waals surface area contributed by atoms with Gasteiger partial charge in [0.25, 0.3) is 11.9 Å². The number of oxazole rings is 1. The maximum atomic E-state index is 13.8. The van der Waals surface area contributed by atoms with Crippen molar-refractivity contribution in [2.45, 2.75) is 45.5 Å². The molecule has 1 fully saturated rings. The molecule has 6 rings (SSSR count). The van der Waals surface area contributed by atoms with Crippen molar-refractivity contribution < 1.29 is 27.5 Å². The van der Waals surface area contributed by atoms with Gasteiger partial charge in [-0.05, 0) is 78.1 Å². The van der Waals surface area contributed by atoms with Crippen LogP contribution in [0.2, 0.25) is 0 Å². The van der Waals surface area contributed by atoms with Gasteiger partial charge in [-0.15, -0.1) is 0 Å². The number of nitrogens with one attached hydrogen (secondary N) is 2. The van der Waals surface area contributed by atoms with E-state index in [2.05, 4.69) is 15.6 Å². The summed E-state index contributed by atoms with van der Waals surface area (Å²) in [5.41, 5.74) is 5.49. The number of nitrogens with zero attached hydrogens (tertiary/aromatic N) is 2. The third-order valence-corrected chi connectivity index (χ3v) is 7.93. The van der Waals surface area contributed by atoms with Crippen LogP contribution >= 0.6 is 0 Å². The number of anilines is 3. The largest absolute Gasteiger partial charge is 0.437 e. The van der Waals surface area contributed by atoms with Crippen LogP contribution in [0.15, 0.2) is 65.1 Å². The Morgan fingerprint density at radius 1 is 1.10 bits per heavy atom. The molecule has 7 nitrogen and oxygen atoms in total. The van der Waals surface area contributed by atoms with Crippen LogP contribution in [0.1, 0.15) is 64.5 Å². The first-order valence-electron chi connectivity index (χ1n) is 14.0. The molecule has 1 aliphatic carbocycles. The molecule has 3 N–H and O–H groups in total. The predicted octanol–water partition coefficient (Wildman–Crippen LogP) is 7.16. The summed E-state index contributed by atoms with van der Waals surface area (Å²) in [6.45, 7) is 5.02. The van der Waals surface area contributed by atoms with Crippen molar-refractivity contribution in [2.75, 3.05) is 28.6 Å². The topological polar surface area (TPSA) is 90.6 Å². The molecule has 218 valence electrons. The summed E-state index contributed by atoms with van der Waals surface area (Å²) >= 11 is 0. The minimum absolute atomic E-state index is 0.182. The zero-order valence-corrected chi connectivity index (χ0v) is 23.3. The van der Waals surface area contributed by atoms with Gasteiger partial charge < -0.3 is 25.1 Å². The monoisotopic (exact) mass is 576 g/mol. The molecule has 0 bridgehead atoms. The maximum absolute atomic E-state index is 13.8. The molecule has 2 aliphatic rings. The second-order valence-corrected chi connectivity index (χ2v) is 11.1. The Morgan fingerprint density at radius 2 is 1.83 bits per heavy atom. The van der Waals surface area contributed by atoms with Crippen molar-refractivity contribution in [1.82, 2.24) is 4.98 Å². The summed E-state index contributed by atoms with van der Waals surface area (Å²) in [5, 5.41) is 16.5. The summed E-state index contributed by atoms with van der Waals surface area (Å²) in [7, 11) is 0. The number of carbonyl (C=O) groups is 1. The average Bonchev–Trinajstić information content (AvgIpc) is 3.56. The predicted molar refractivity (Wildman–Crippen MR) is 155 cm³/mol. The number of halogens is 3. The van der Waals surface area contributed by atoms with E-state index in [0.717, 1.165) is 46.3 Å². The number of aliphatic hydroxyl groups is 1. The second-order valence-electron chi connectivity index (χ2n) is 11.1. The van der Waals surface area contributed by atoms with Crippen molar-refractivity contribution in [3.05, 3.63) is 94.4 Å². The highest BCUT2D eigenvalue weighted by atomic mass is 19.4. The summed E-state index contributed by atoms with van der Waals surface area (Å²) < 4.78 is 46.9. The van der Waals surface area contributed by atoms with Gasteiger partial charge in [0.1, 0.15) is 0 Å². The fourth-order valence-electron chi connectivity index (χ4n) is 5.79. The van der Waals surface area contributed by atoms with Crippen LogP contribution < -0.4 is 15.5 Å². The van der Waals surface area contributed by atoms with Crippen LogP contribution in [0, 0.1) is 12.8 Å². The van der Waals surface area contributed by atoms with Crippen LogP contribution in [-0.2, 0) is 12.6 Å². The van der Waals surface area contributed by atoms with E-state index in [1.54, 1.807) is 17.0 Å². The smallest absolute Gasteiger partial charge is 0.417 e. The number of benzene rings is 3. The number of aryl methyl sites for hydroxylation is 1. The molecule has 1 saturated heterocycles. The lowest BCUT2D eigenvalue weighted by Gasteiger charge is -2.29. The van der Waals surface area contributed by atoms with Gasteiger partial charge in [0.05, 0.1) is 0 Å². The van der Waals surface area contributed by atoms with Gasteiger partial charge >= 0.3 is 6.18 Å². The number of alkyl halides is 3. The third kappa shape index (κ3) is 5.46. The van der Waals surface area contributed by atoms with Crippen molar-refractivity contribution >= 4 is 23.3 Å². The van der Waals surface area contributed by atoms with Gasteiger partial charge in [0.2, 0.25) is 5.76 Å². The second kappa shape index (κ2) is 10.8. The van der Waals surface area contributed by atoms with Gasteiger partial charge in [-0.2, -0.15) is 18.2 Å². The molecule has 2 atom stereocenters. The molecular weight excluding hydrogens is 545 g/mol. The Morgan fingerprint density at radius 3 is 2.57 bits per heavy atom. The van der Waals surface area contributed by atoms with Gasteiger partial charge in [0.15, 0.2) is 11.9 Å². The summed E-state index contributed by atoms with van der Waals surface area (Å²) in [4.78, 5) is 18.4. The number of fused-ring (bicyclic) bond motifs is 3. The van der Waals surface area contributed by atoms with E-state index in [4.69, 9.17) is 4.42 Å². The number of para-hydroxylation sites is 1. The number of hydrogen-bond donors (Lipinski definition) is 3. The molecule has 1 amide bonds. The van der Waals surface area contributed by atoms with E-state index in [1.165, 1.54) is 0 Å². The highest BCUT2D eigenvalue weighted by Gasteiger charge is 2.42. The Labute approximate surface area is 241 Å². The van der Waals surface area contributed by atoms with Crippen LogP contribution in [0.4, 0.5) is 30.6 Å². The Hall–Kier alpha value is -4.31. The van der Waals surface area contributed by atoms with Crippen molar-refractivity contribution in [1.29, 1.82) is 0 Å². The minimum Gasteiger partial charge on any atom is -0.417 e. The highest BCUT2D eigenvalue weighted by Crippen LogP contribution is 2.40. The summed E-state index contributed by atoms with van der Waals surface area (Å²) in [5.74, 6) is -1.56. The number of rotatable bonds is 6. The molecule has 0 radical (unpaired) electrons. The number of carbonyl (C=O) groups excluding carboxylic acids is 1. The Kier molecular flexibility index (Phi) is 7.18. The molecule has 42 heavy (non-hydrogen) atoms. The van der Waals surface area contributed by atoms with Crippen LogP contribution in [0.5, 0.6) is 0 Å². The van der Waals surface area contributed by atoms with E-state index in [9.17, 15) is 23.1 Å². The molecule has 2 unspecified atom stereocenters. The van der Waals surface area contributed by atoms with Gasteiger partial charge in [-0.3, -0.25) is 4.79 Å². The van der Waals surface area contributed by atoms with E-state index in [0.29, 0.717) is 30.8 Å². The molecule has 2 heterocycles. The SMILES string of the molecule is Cc1ccccc1NC(O)c1ccc2c(c1)Cc1cc(NC(=O)c3oc(N4CCCC(C)C4)nc3C(F)(F)F)ccc1-2. The number of hydrogen-bond acceptors (Lipinski definition) is 6. The van der Waals surface area contributed by atoms with E-state index in [-0.39, 0.29) is 11.9 Å². The molecule has 4 aromatic rings. The molecule has 0 spiro atoms. The lowest BCUT2D eigenvalue weighted by Crippen LogP contribution is -2.34. The fraction of sp³-hybridized carbons (Fsp3) is 0.312. The van der Waals surface area contributed by atoms with Crippen molar-refractivity contribution in [3.8, 4) is 11.1 Å². The fourth-order valence-corrected chi connectivity index (χ4v) is 5.79. The highest BCUT2D eigenvalue weighted by molar-refractivity contribution is 6.03. The summed E-state index contributed by atoms with van der Waals surface area (Å²) in [6, 6.07) is 18.5. The minimum atomic E-state index is -4.84. The first-order valence-corrected chi connectivity index (χ1v) is 14.0. The normalized spacial score (nSPS) is 17.0. The van der Waals surface area contributed by atoms with Crippen LogP contribution in [0.3, 0.4) is 0 Å². The zero-order valence-electron chi connectivity index (χ0n) is 23.3. The lowest BCUT2D eigenvalue weighted by atomic mass is 10.0. The molecule has 3 aromatic carbocycles. The molecule has 0 saturated carbocycles. The molecular formula is C32H31F3N4O3. The van der Waals surface area contributed by atoms with Crippen LogP contribution in [0.25, 0.3) is 11.1 Å². The lowest BCUT2D eigenvalue weighted by molar-refractivity contribution is -0.141. The first-order chi connectivity index (χ1) is 20.1. The Balaban J connectivity index is 1.20. The molecule has 1 aromatic heterocycles. The zero-order chi connectivity index (χ0) is 29.6. The third-order valence-electron chi connectivity index (χ3n) is 7.93. The van der Waals surface area contributed by atoms with Crippen molar-refractivity contribution in [2.24, 2.45) is 5.92 Å². The van der Waals surface area contributed by atoms with E-state index < -0.39 is 29.8 Å². The van der Waals surface area contributed by atoms with Crippen molar-refractivity contribution in [3.63, 3.8) is 0 Å².